The molecule has 5 aromatic carbocycles. The van der Waals surface area contributed by atoms with Crippen LogP contribution in [-0.2, 0) is 0 Å². The Kier molecular flexibility index (Phi) is 6.12. The first-order valence-electron chi connectivity index (χ1n) is 14.5. The van der Waals surface area contributed by atoms with Crippen LogP contribution in [0.5, 0.6) is 0 Å². The van der Waals surface area contributed by atoms with E-state index < -0.39 is 0 Å². The molecule has 3 nitrogen and oxygen atoms in total. The summed E-state index contributed by atoms with van der Waals surface area (Å²) in [4.78, 5) is 9.66. The second-order valence-electron chi connectivity index (χ2n) is 10.6. The third kappa shape index (κ3) is 4.30. The molecule has 0 aliphatic carbocycles. The Morgan fingerprint density at radius 1 is 0.372 bits per heavy atom. The second-order valence-corrected chi connectivity index (χ2v) is 10.6. The minimum atomic E-state index is 0.951. The van der Waals surface area contributed by atoms with Gasteiger partial charge < -0.3 is 4.57 Å². The number of rotatable bonds is 5. The molecule has 0 fully saturated rings. The van der Waals surface area contributed by atoms with E-state index >= 15 is 0 Å². The molecule has 202 valence electrons. The molecule has 0 aliphatic heterocycles. The van der Waals surface area contributed by atoms with Crippen molar-refractivity contribution in [3.8, 4) is 50.7 Å². The molecule has 8 aromatic rings. The predicted octanol–water partition coefficient (Wildman–Crippen LogP) is 10.2. The standard InChI is InChI=1S/C40H27N3/c1-3-13-28(14-4-1)37-23-24-38(29-15-5-2-6-16-29)43(37)30-21-22-33-34(27-30)40(36-20-10-12-26-42-36)32-18-8-7-17-31(32)39(33)35-19-9-11-25-41-35/h1-27H. The van der Waals surface area contributed by atoms with Gasteiger partial charge in [-0.05, 0) is 81.2 Å². The van der Waals surface area contributed by atoms with E-state index in [9.17, 15) is 0 Å². The summed E-state index contributed by atoms with van der Waals surface area (Å²) in [5.41, 5.74) is 9.89. The summed E-state index contributed by atoms with van der Waals surface area (Å²) < 4.78 is 2.38. The third-order valence-corrected chi connectivity index (χ3v) is 8.13. The fraction of sp³-hybridized carbons (Fsp3) is 0. The highest BCUT2D eigenvalue weighted by Crippen LogP contribution is 2.44. The first-order valence-corrected chi connectivity index (χ1v) is 14.5. The van der Waals surface area contributed by atoms with E-state index in [0.717, 1.165) is 61.1 Å². The predicted molar refractivity (Wildman–Crippen MR) is 178 cm³/mol. The molecule has 3 heteroatoms. The lowest BCUT2D eigenvalue weighted by molar-refractivity contribution is 1.10. The van der Waals surface area contributed by atoms with E-state index in [-0.39, 0.29) is 0 Å². The number of pyridine rings is 2. The minimum absolute atomic E-state index is 0.951. The molecule has 8 rings (SSSR count). The highest BCUT2D eigenvalue weighted by Gasteiger charge is 2.20. The summed E-state index contributed by atoms with van der Waals surface area (Å²) in [5, 5.41) is 4.61. The Morgan fingerprint density at radius 3 is 1.35 bits per heavy atom. The van der Waals surface area contributed by atoms with E-state index in [1.54, 1.807) is 0 Å². The molecule has 0 bridgehead atoms. The number of aromatic nitrogens is 3. The molecule has 0 N–H and O–H groups in total. The topological polar surface area (TPSA) is 30.7 Å². The molecule has 0 aliphatic rings. The summed E-state index contributed by atoms with van der Waals surface area (Å²) in [6.45, 7) is 0. The molecule has 0 unspecified atom stereocenters. The van der Waals surface area contributed by atoms with Crippen LogP contribution in [0.4, 0.5) is 0 Å². The van der Waals surface area contributed by atoms with Crippen LogP contribution in [0, 0.1) is 0 Å². The molecule has 0 radical (unpaired) electrons. The highest BCUT2D eigenvalue weighted by atomic mass is 15.0. The van der Waals surface area contributed by atoms with Crippen molar-refractivity contribution < 1.29 is 0 Å². The van der Waals surface area contributed by atoms with Crippen molar-refractivity contribution in [3.63, 3.8) is 0 Å². The van der Waals surface area contributed by atoms with Gasteiger partial charge in [-0.15, -0.1) is 0 Å². The first kappa shape index (κ1) is 25.0. The lowest BCUT2D eigenvalue weighted by Crippen LogP contribution is -2.01. The molecular weight excluding hydrogens is 522 g/mol. The Labute approximate surface area is 250 Å². The molecule has 3 heterocycles. The van der Waals surface area contributed by atoms with Crippen LogP contribution in [0.25, 0.3) is 72.3 Å². The van der Waals surface area contributed by atoms with Gasteiger partial charge in [-0.25, -0.2) is 0 Å². The number of nitrogens with zero attached hydrogens (tertiary/aromatic N) is 3. The molecular formula is C40H27N3. The largest absolute Gasteiger partial charge is 0.309 e. The fourth-order valence-corrected chi connectivity index (χ4v) is 6.26. The SMILES string of the molecule is c1ccc(-c2ccc(-c3ccccc3)n2-c2ccc3c(-c4ccccn4)c4ccccc4c(-c4ccccn4)c3c2)cc1. The number of hydrogen-bond donors (Lipinski definition) is 0. The van der Waals surface area contributed by atoms with Crippen molar-refractivity contribution in [2.75, 3.05) is 0 Å². The van der Waals surface area contributed by atoms with Gasteiger partial charge in [-0.2, -0.15) is 0 Å². The van der Waals surface area contributed by atoms with Crippen molar-refractivity contribution in [2.24, 2.45) is 0 Å². The Hall–Kier alpha value is -5.80. The summed E-state index contributed by atoms with van der Waals surface area (Å²) >= 11 is 0. The molecule has 43 heavy (non-hydrogen) atoms. The smallest absolute Gasteiger partial charge is 0.0714 e. The van der Waals surface area contributed by atoms with E-state index in [1.807, 2.05) is 24.5 Å². The van der Waals surface area contributed by atoms with Crippen LogP contribution in [0.15, 0.2) is 164 Å². The van der Waals surface area contributed by atoms with Gasteiger partial charge in [0, 0.05) is 29.2 Å². The highest BCUT2D eigenvalue weighted by molar-refractivity contribution is 6.21. The molecule has 3 aromatic heterocycles. The van der Waals surface area contributed by atoms with Gasteiger partial charge in [-0.3, -0.25) is 9.97 Å². The maximum Gasteiger partial charge on any atom is 0.0714 e. The zero-order valence-corrected chi connectivity index (χ0v) is 23.4. The normalized spacial score (nSPS) is 11.3. The van der Waals surface area contributed by atoms with Crippen molar-refractivity contribution in [3.05, 3.63) is 164 Å². The van der Waals surface area contributed by atoms with Crippen LogP contribution in [-0.4, -0.2) is 14.5 Å². The van der Waals surface area contributed by atoms with Crippen LogP contribution < -0.4 is 0 Å². The Bertz CT molecular complexity index is 2150. The zero-order chi connectivity index (χ0) is 28.6. The van der Waals surface area contributed by atoms with Gasteiger partial charge in [0.25, 0.3) is 0 Å². The number of benzene rings is 5. The van der Waals surface area contributed by atoms with Gasteiger partial charge in [-0.1, -0.05) is 103 Å². The van der Waals surface area contributed by atoms with Gasteiger partial charge in [0.1, 0.15) is 0 Å². The van der Waals surface area contributed by atoms with Crippen molar-refractivity contribution >= 4 is 21.5 Å². The van der Waals surface area contributed by atoms with Crippen molar-refractivity contribution in [1.82, 2.24) is 14.5 Å². The molecule has 0 spiro atoms. The van der Waals surface area contributed by atoms with Crippen LogP contribution in [0.2, 0.25) is 0 Å². The molecule has 0 saturated carbocycles. The average molecular weight is 550 g/mol. The summed E-state index contributed by atoms with van der Waals surface area (Å²) in [6, 6.07) is 53.4. The quantitative estimate of drug-likeness (QED) is 0.200. The maximum absolute atomic E-state index is 4.85. The summed E-state index contributed by atoms with van der Waals surface area (Å²) in [7, 11) is 0. The van der Waals surface area contributed by atoms with E-state index in [0.29, 0.717) is 0 Å². The molecule has 0 atom stereocenters. The Balaban J connectivity index is 1.50. The van der Waals surface area contributed by atoms with Gasteiger partial charge in [0.2, 0.25) is 0 Å². The van der Waals surface area contributed by atoms with Gasteiger partial charge in [0.05, 0.1) is 22.8 Å². The van der Waals surface area contributed by atoms with Crippen molar-refractivity contribution in [1.29, 1.82) is 0 Å². The van der Waals surface area contributed by atoms with E-state index in [4.69, 9.17) is 9.97 Å². The number of hydrogen-bond acceptors (Lipinski definition) is 2. The number of fused-ring (bicyclic) bond motifs is 2. The zero-order valence-electron chi connectivity index (χ0n) is 23.4. The average Bonchev–Trinajstić information content (AvgIpc) is 3.54. The van der Waals surface area contributed by atoms with Crippen LogP contribution in [0.1, 0.15) is 0 Å². The maximum atomic E-state index is 4.85. The minimum Gasteiger partial charge on any atom is -0.309 e. The van der Waals surface area contributed by atoms with E-state index in [2.05, 4.69) is 144 Å². The lowest BCUT2D eigenvalue weighted by Gasteiger charge is -2.19. The third-order valence-electron chi connectivity index (χ3n) is 8.13. The molecule has 0 amide bonds. The van der Waals surface area contributed by atoms with Gasteiger partial charge >= 0.3 is 0 Å². The first-order chi connectivity index (χ1) is 21.4. The Morgan fingerprint density at radius 2 is 0.837 bits per heavy atom. The second kappa shape index (κ2) is 10.6. The molecule has 0 saturated heterocycles. The summed E-state index contributed by atoms with van der Waals surface area (Å²) in [5.74, 6) is 0. The monoisotopic (exact) mass is 549 g/mol. The summed E-state index contributed by atoms with van der Waals surface area (Å²) in [6.07, 6.45) is 3.74. The van der Waals surface area contributed by atoms with Crippen LogP contribution >= 0.6 is 0 Å². The lowest BCUT2D eigenvalue weighted by atomic mass is 9.88. The van der Waals surface area contributed by atoms with Crippen LogP contribution in [0.3, 0.4) is 0 Å². The van der Waals surface area contributed by atoms with E-state index in [1.165, 1.54) is 11.1 Å². The fourth-order valence-electron chi connectivity index (χ4n) is 6.26. The van der Waals surface area contributed by atoms with Gasteiger partial charge in [0.15, 0.2) is 0 Å². The van der Waals surface area contributed by atoms with Crippen molar-refractivity contribution in [2.45, 2.75) is 0 Å².